The number of ether oxygens (including phenoxy) is 1. The van der Waals surface area contributed by atoms with Crippen LogP contribution >= 0.6 is 0 Å². The highest BCUT2D eigenvalue weighted by Gasteiger charge is 1.92. The van der Waals surface area contributed by atoms with Crippen LogP contribution in [0, 0.1) is 0 Å². The molecule has 0 aliphatic carbocycles. The van der Waals surface area contributed by atoms with Crippen molar-refractivity contribution in [1.29, 1.82) is 0 Å². The van der Waals surface area contributed by atoms with E-state index in [0.717, 1.165) is 6.26 Å². The molecule has 0 bridgehead atoms. The predicted octanol–water partition coefficient (Wildman–Crippen LogP) is 0.417. The molecule has 4 nitrogen and oxygen atoms in total. The molecule has 8 heavy (non-hydrogen) atoms. The van der Waals surface area contributed by atoms with E-state index in [4.69, 9.17) is 0 Å². The Morgan fingerprint density at radius 2 is 2.50 bits per heavy atom. The van der Waals surface area contributed by atoms with Crippen molar-refractivity contribution in [2.75, 3.05) is 7.11 Å². The van der Waals surface area contributed by atoms with E-state index in [-0.39, 0.29) is 0 Å². The molecule has 0 radical (unpaired) electrons. The fourth-order valence-electron chi connectivity index (χ4n) is 0.183. The molecule has 0 atom stereocenters. The number of hydroxylamine groups is 1. The van der Waals surface area contributed by atoms with Crippen LogP contribution in [0.2, 0.25) is 0 Å². The van der Waals surface area contributed by atoms with Gasteiger partial charge in [0.15, 0.2) is 0 Å². The minimum Gasteiger partial charge on any atom is -0.417 e. The third-order valence-corrected chi connectivity index (χ3v) is 0.376. The fraction of sp³-hybridized carbons (Fsp3) is 0.250. The Hall–Kier alpha value is -1.03. The summed E-state index contributed by atoms with van der Waals surface area (Å²) in [5, 5.41) is 0. The van der Waals surface area contributed by atoms with Gasteiger partial charge in [0.25, 0.3) is 0 Å². The molecule has 0 saturated carbocycles. The van der Waals surface area contributed by atoms with Gasteiger partial charge in [-0.1, -0.05) is 6.58 Å². The van der Waals surface area contributed by atoms with Crippen molar-refractivity contribution < 1.29 is 14.4 Å². The molecule has 0 aromatic rings. The number of nitrogens with one attached hydrogen (secondary N) is 1. The van der Waals surface area contributed by atoms with Gasteiger partial charge in [0.1, 0.15) is 0 Å². The summed E-state index contributed by atoms with van der Waals surface area (Å²) in [4.78, 5) is 14.3. The maximum Gasteiger partial charge on any atom is 0.436 e. The molecule has 0 spiro atoms. The van der Waals surface area contributed by atoms with Crippen molar-refractivity contribution in [3.8, 4) is 0 Å². The summed E-state index contributed by atoms with van der Waals surface area (Å²) in [5.41, 5.74) is 1.91. The lowest BCUT2D eigenvalue weighted by atomic mass is 11.1. The Bertz CT molecular complexity index is 91.3. The van der Waals surface area contributed by atoms with E-state index in [1.54, 1.807) is 0 Å². The van der Waals surface area contributed by atoms with E-state index in [0.29, 0.717) is 0 Å². The van der Waals surface area contributed by atoms with Crippen LogP contribution < -0.4 is 5.48 Å². The van der Waals surface area contributed by atoms with Crippen molar-refractivity contribution in [2.45, 2.75) is 0 Å². The van der Waals surface area contributed by atoms with Crippen LogP contribution in [0.1, 0.15) is 0 Å². The number of rotatable bonds is 2. The van der Waals surface area contributed by atoms with E-state index in [1.807, 2.05) is 5.48 Å². The van der Waals surface area contributed by atoms with E-state index in [1.165, 1.54) is 7.11 Å². The van der Waals surface area contributed by atoms with Gasteiger partial charge in [-0.2, -0.15) is 5.48 Å². The molecule has 0 fully saturated rings. The van der Waals surface area contributed by atoms with Crippen LogP contribution in [-0.4, -0.2) is 13.2 Å². The van der Waals surface area contributed by atoms with Crippen molar-refractivity contribution >= 4 is 6.09 Å². The van der Waals surface area contributed by atoms with Gasteiger partial charge in [-0.25, -0.2) is 4.79 Å². The summed E-state index contributed by atoms with van der Waals surface area (Å²) in [5.74, 6) is 0. The Kier molecular flexibility index (Phi) is 3.60. The molecule has 1 N–H and O–H groups in total. The van der Waals surface area contributed by atoms with Crippen LogP contribution in [-0.2, 0) is 9.57 Å². The number of amides is 1. The predicted molar refractivity (Wildman–Crippen MR) is 26.8 cm³/mol. The number of carbonyl (C=O) groups is 1. The second-order valence-corrected chi connectivity index (χ2v) is 0.878. The summed E-state index contributed by atoms with van der Waals surface area (Å²) in [7, 11) is 1.31. The molecule has 0 rings (SSSR count). The average molecular weight is 117 g/mol. The van der Waals surface area contributed by atoms with Gasteiger partial charge in [0.05, 0.1) is 13.4 Å². The Morgan fingerprint density at radius 1 is 1.88 bits per heavy atom. The first kappa shape index (κ1) is 6.97. The van der Waals surface area contributed by atoms with Crippen LogP contribution in [0.4, 0.5) is 4.79 Å². The van der Waals surface area contributed by atoms with Gasteiger partial charge in [0.2, 0.25) is 0 Å². The number of hydrogen-bond acceptors (Lipinski definition) is 3. The average Bonchev–Trinajstić information content (AvgIpc) is 1.68. The first-order valence-electron chi connectivity index (χ1n) is 1.91. The summed E-state index contributed by atoms with van der Waals surface area (Å²) in [6.07, 6.45) is 0.330. The van der Waals surface area contributed by atoms with E-state index in [9.17, 15) is 4.79 Å². The quantitative estimate of drug-likeness (QED) is 0.421. The van der Waals surface area contributed by atoms with Crippen molar-refractivity contribution in [3.05, 3.63) is 12.8 Å². The van der Waals surface area contributed by atoms with Gasteiger partial charge in [-0.15, -0.1) is 0 Å². The first-order chi connectivity index (χ1) is 3.81. The smallest absolute Gasteiger partial charge is 0.417 e. The minimum absolute atomic E-state index is 0.678. The fourth-order valence-corrected chi connectivity index (χ4v) is 0.183. The summed E-state index contributed by atoms with van der Waals surface area (Å²) in [6.45, 7) is 3.14. The molecule has 0 saturated heterocycles. The minimum atomic E-state index is -0.678. The Morgan fingerprint density at radius 3 is 2.88 bits per heavy atom. The Labute approximate surface area is 47.0 Å². The third-order valence-electron chi connectivity index (χ3n) is 0.376. The van der Waals surface area contributed by atoms with Crippen LogP contribution in [0.3, 0.4) is 0 Å². The van der Waals surface area contributed by atoms with Gasteiger partial charge in [-0.3, -0.25) is 4.84 Å². The largest absolute Gasteiger partial charge is 0.436 e. The maximum atomic E-state index is 10.1. The van der Waals surface area contributed by atoms with Crippen LogP contribution in [0.15, 0.2) is 12.8 Å². The summed E-state index contributed by atoms with van der Waals surface area (Å²) in [6, 6.07) is 0. The highest BCUT2D eigenvalue weighted by Crippen LogP contribution is 1.73. The monoisotopic (exact) mass is 117 g/mol. The van der Waals surface area contributed by atoms with Crippen LogP contribution in [0.5, 0.6) is 0 Å². The van der Waals surface area contributed by atoms with Crippen molar-refractivity contribution in [2.24, 2.45) is 0 Å². The molecule has 0 aromatic carbocycles. The molecule has 0 aliphatic rings. The van der Waals surface area contributed by atoms with E-state index in [2.05, 4.69) is 16.2 Å². The van der Waals surface area contributed by atoms with Crippen molar-refractivity contribution in [1.82, 2.24) is 5.48 Å². The summed E-state index contributed by atoms with van der Waals surface area (Å²) >= 11 is 0. The van der Waals surface area contributed by atoms with Crippen LogP contribution in [0.25, 0.3) is 0 Å². The molecular formula is C4H7NO3. The molecule has 0 heterocycles. The second-order valence-electron chi connectivity index (χ2n) is 0.878. The van der Waals surface area contributed by atoms with Gasteiger partial charge in [-0.05, 0) is 0 Å². The Balaban J connectivity index is 3.18. The van der Waals surface area contributed by atoms with Crippen molar-refractivity contribution in [3.63, 3.8) is 0 Å². The maximum absolute atomic E-state index is 10.1. The van der Waals surface area contributed by atoms with Gasteiger partial charge in [0, 0.05) is 0 Å². The lowest BCUT2D eigenvalue weighted by Crippen LogP contribution is -2.20. The molecule has 0 aliphatic heterocycles. The molecule has 1 amide bonds. The second kappa shape index (κ2) is 4.14. The van der Waals surface area contributed by atoms with E-state index < -0.39 is 6.09 Å². The summed E-state index contributed by atoms with van der Waals surface area (Å²) < 4.78 is 4.17. The molecule has 0 aromatic heterocycles. The van der Waals surface area contributed by atoms with Gasteiger partial charge >= 0.3 is 6.09 Å². The molecule has 46 valence electrons. The first-order valence-corrected chi connectivity index (χ1v) is 1.91. The standard InChI is InChI=1S/C4H7NO3/c1-3-8-4(6)5-7-2/h3H,1H2,2H3,(H,5,6). The lowest BCUT2D eigenvalue weighted by molar-refractivity contribution is 0.0768. The highest BCUT2D eigenvalue weighted by atomic mass is 16.7. The lowest BCUT2D eigenvalue weighted by Gasteiger charge is -1.96. The topological polar surface area (TPSA) is 47.6 Å². The zero-order valence-electron chi connectivity index (χ0n) is 4.51. The van der Waals surface area contributed by atoms with E-state index >= 15 is 0 Å². The third kappa shape index (κ3) is 3.17. The molecule has 0 unspecified atom stereocenters. The molecular weight excluding hydrogens is 110 g/mol. The normalized spacial score (nSPS) is 7.62. The number of hydrogen-bond donors (Lipinski definition) is 1. The SMILES string of the molecule is C=COC(=O)NOC. The number of carbonyl (C=O) groups excluding carboxylic acids is 1. The van der Waals surface area contributed by atoms with Gasteiger partial charge < -0.3 is 4.74 Å². The molecule has 4 heteroatoms. The zero-order valence-corrected chi connectivity index (χ0v) is 4.51. The zero-order chi connectivity index (χ0) is 6.41. The highest BCUT2D eigenvalue weighted by molar-refractivity contribution is 5.66.